The van der Waals surface area contributed by atoms with Crippen molar-refractivity contribution in [3.8, 4) is 0 Å². The van der Waals surface area contributed by atoms with Gasteiger partial charge in [-0.2, -0.15) is 0 Å². The van der Waals surface area contributed by atoms with Crippen molar-refractivity contribution in [3.63, 3.8) is 0 Å². The average molecular weight is 374 g/mol. The van der Waals surface area contributed by atoms with E-state index in [0.29, 0.717) is 11.6 Å². The molecule has 4 rings (SSSR count). The molecule has 2 aromatic rings. The molecule has 0 radical (unpaired) electrons. The van der Waals surface area contributed by atoms with E-state index in [-0.39, 0.29) is 5.91 Å². The standard InChI is InChI=1S/C20H24ClN3O2/c1-14-2-7-18-17(12-14)19(22-26-18)20(25)24-10-8-23(9-11-24)13-15-3-5-16(21)6-4-15/h3-6,14H,2,7-13H2,1H3. The molecule has 0 saturated carbocycles. The van der Waals surface area contributed by atoms with Gasteiger partial charge >= 0.3 is 0 Å². The smallest absolute Gasteiger partial charge is 0.276 e. The van der Waals surface area contributed by atoms with E-state index in [4.69, 9.17) is 16.1 Å². The van der Waals surface area contributed by atoms with E-state index >= 15 is 0 Å². The van der Waals surface area contributed by atoms with Crippen molar-refractivity contribution in [1.82, 2.24) is 15.0 Å². The first-order valence-corrected chi connectivity index (χ1v) is 9.71. The molecule has 1 aromatic carbocycles. The quantitative estimate of drug-likeness (QED) is 0.827. The molecular formula is C20H24ClN3O2. The molecule has 0 N–H and O–H groups in total. The number of rotatable bonds is 3. The Kier molecular flexibility index (Phi) is 5.00. The summed E-state index contributed by atoms with van der Waals surface area (Å²) >= 11 is 5.95. The summed E-state index contributed by atoms with van der Waals surface area (Å²) in [4.78, 5) is 17.2. The van der Waals surface area contributed by atoms with Crippen molar-refractivity contribution >= 4 is 17.5 Å². The third kappa shape index (κ3) is 3.64. The minimum Gasteiger partial charge on any atom is -0.360 e. The number of carbonyl (C=O) groups excluding carboxylic acids is 1. The van der Waals surface area contributed by atoms with Crippen molar-refractivity contribution in [1.29, 1.82) is 0 Å². The Balaban J connectivity index is 1.37. The number of halogens is 1. The number of hydrogen-bond donors (Lipinski definition) is 0. The lowest BCUT2D eigenvalue weighted by atomic mass is 9.88. The molecule has 0 bridgehead atoms. The van der Waals surface area contributed by atoms with Crippen molar-refractivity contribution in [3.05, 3.63) is 51.9 Å². The fourth-order valence-electron chi connectivity index (χ4n) is 3.85. The van der Waals surface area contributed by atoms with Crippen LogP contribution >= 0.6 is 11.6 Å². The number of benzene rings is 1. The van der Waals surface area contributed by atoms with Gasteiger partial charge in [0.05, 0.1) is 0 Å². The highest BCUT2D eigenvalue weighted by Crippen LogP contribution is 2.28. The molecule has 1 saturated heterocycles. The maximum absolute atomic E-state index is 12.9. The van der Waals surface area contributed by atoms with E-state index in [1.165, 1.54) is 5.56 Å². The summed E-state index contributed by atoms with van der Waals surface area (Å²) in [5.74, 6) is 1.52. The molecule has 2 aliphatic rings. The van der Waals surface area contributed by atoms with Crippen LogP contribution in [0.5, 0.6) is 0 Å². The van der Waals surface area contributed by atoms with Crippen molar-refractivity contribution in [2.75, 3.05) is 26.2 Å². The number of piperazine rings is 1. The van der Waals surface area contributed by atoms with E-state index in [9.17, 15) is 4.79 Å². The van der Waals surface area contributed by atoms with Gasteiger partial charge in [0.1, 0.15) is 5.76 Å². The summed E-state index contributed by atoms with van der Waals surface area (Å²) in [5.41, 5.74) is 2.82. The molecule has 6 heteroatoms. The highest BCUT2D eigenvalue weighted by molar-refractivity contribution is 6.30. The van der Waals surface area contributed by atoms with Crippen LogP contribution in [0.3, 0.4) is 0 Å². The van der Waals surface area contributed by atoms with E-state index in [1.54, 1.807) is 0 Å². The Labute approximate surface area is 158 Å². The van der Waals surface area contributed by atoms with E-state index in [0.717, 1.165) is 68.3 Å². The molecule has 2 heterocycles. The molecule has 1 aliphatic carbocycles. The van der Waals surface area contributed by atoms with Gasteiger partial charge in [-0.05, 0) is 36.5 Å². The summed E-state index contributed by atoms with van der Waals surface area (Å²) in [6.45, 7) is 6.29. The zero-order valence-corrected chi connectivity index (χ0v) is 15.8. The topological polar surface area (TPSA) is 49.6 Å². The molecule has 26 heavy (non-hydrogen) atoms. The Morgan fingerprint density at radius 2 is 1.96 bits per heavy atom. The summed E-state index contributed by atoms with van der Waals surface area (Å²) in [6.07, 6.45) is 2.90. The zero-order valence-electron chi connectivity index (χ0n) is 15.1. The van der Waals surface area contributed by atoms with Gasteiger partial charge in [0.15, 0.2) is 5.69 Å². The number of fused-ring (bicyclic) bond motifs is 1. The van der Waals surface area contributed by atoms with Crippen LogP contribution in [0, 0.1) is 5.92 Å². The normalized spacial score (nSPS) is 20.8. The second-order valence-electron chi connectivity index (χ2n) is 7.48. The van der Waals surface area contributed by atoms with E-state index < -0.39 is 0 Å². The highest BCUT2D eigenvalue weighted by Gasteiger charge is 2.30. The molecule has 1 atom stereocenters. The monoisotopic (exact) mass is 373 g/mol. The number of hydrogen-bond acceptors (Lipinski definition) is 4. The lowest BCUT2D eigenvalue weighted by Gasteiger charge is -2.34. The largest absolute Gasteiger partial charge is 0.360 e. The van der Waals surface area contributed by atoms with Crippen LogP contribution < -0.4 is 0 Å². The van der Waals surface area contributed by atoms with Gasteiger partial charge in [0.25, 0.3) is 5.91 Å². The van der Waals surface area contributed by atoms with Gasteiger partial charge in [0, 0.05) is 49.7 Å². The van der Waals surface area contributed by atoms with Crippen LogP contribution in [0.15, 0.2) is 28.8 Å². The Morgan fingerprint density at radius 1 is 1.23 bits per heavy atom. The third-order valence-electron chi connectivity index (χ3n) is 5.47. The fourth-order valence-corrected chi connectivity index (χ4v) is 3.98. The van der Waals surface area contributed by atoms with Gasteiger partial charge in [-0.15, -0.1) is 0 Å². The molecule has 0 spiro atoms. The second-order valence-corrected chi connectivity index (χ2v) is 7.91. The van der Waals surface area contributed by atoms with Crippen molar-refractivity contribution < 1.29 is 9.32 Å². The van der Waals surface area contributed by atoms with Crippen LogP contribution in [0.4, 0.5) is 0 Å². The number of carbonyl (C=O) groups is 1. The second kappa shape index (κ2) is 7.41. The van der Waals surface area contributed by atoms with Gasteiger partial charge in [-0.3, -0.25) is 9.69 Å². The molecule has 138 valence electrons. The molecule has 1 unspecified atom stereocenters. The molecular weight excluding hydrogens is 350 g/mol. The fraction of sp³-hybridized carbons (Fsp3) is 0.500. The van der Waals surface area contributed by atoms with E-state index in [1.807, 2.05) is 17.0 Å². The van der Waals surface area contributed by atoms with Crippen molar-refractivity contribution in [2.24, 2.45) is 5.92 Å². The minimum absolute atomic E-state index is 0.0234. The highest BCUT2D eigenvalue weighted by atomic mass is 35.5. The first-order chi connectivity index (χ1) is 12.6. The predicted molar refractivity (Wildman–Crippen MR) is 100 cm³/mol. The van der Waals surface area contributed by atoms with Crippen LogP contribution in [0.1, 0.15) is 40.7 Å². The number of nitrogens with zero attached hydrogens (tertiary/aromatic N) is 3. The van der Waals surface area contributed by atoms with Crippen LogP contribution in [0.2, 0.25) is 5.02 Å². The molecule has 1 aromatic heterocycles. The Hall–Kier alpha value is -1.85. The number of aromatic nitrogens is 1. The van der Waals surface area contributed by atoms with Crippen molar-refractivity contribution in [2.45, 2.75) is 32.7 Å². The first kappa shape index (κ1) is 17.6. The van der Waals surface area contributed by atoms with Gasteiger partial charge in [0.2, 0.25) is 0 Å². The van der Waals surface area contributed by atoms with Crippen LogP contribution in [-0.4, -0.2) is 47.0 Å². The zero-order chi connectivity index (χ0) is 18.1. The average Bonchev–Trinajstić information content (AvgIpc) is 3.06. The number of aryl methyl sites for hydroxylation is 1. The lowest BCUT2D eigenvalue weighted by molar-refractivity contribution is 0.0617. The maximum Gasteiger partial charge on any atom is 0.276 e. The molecule has 1 aliphatic heterocycles. The Morgan fingerprint density at radius 3 is 2.69 bits per heavy atom. The van der Waals surface area contributed by atoms with Crippen LogP contribution in [-0.2, 0) is 19.4 Å². The molecule has 1 amide bonds. The Bertz CT molecular complexity index is 779. The summed E-state index contributed by atoms with van der Waals surface area (Å²) in [6, 6.07) is 7.96. The minimum atomic E-state index is 0.0234. The van der Waals surface area contributed by atoms with Gasteiger partial charge < -0.3 is 9.42 Å². The molecule has 1 fully saturated rings. The maximum atomic E-state index is 12.9. The summed E-state index contributed by atoms with van der Waals surface area (Å²) in [5, 5.41) is 4.87. The SMILES string of the molecule is CC1CCc2onc(C(=O)N3CCN(Cc4ccc(Cl)cc4)CC3)c2C1. The van der Waals surface area contributed by atoms with Crippen LogP contribution in [0.25, 0.3) is 0 Å². The van der Waals surface area contributed by atoms with Gasteiger partial charge in [-0.1, -0.05) is 35.8 Å². The van der Waals surface area contributed by atoms with E-state index in [2.05, 4.69) is 29.1 Å². The third-order valence-corrected chi connectivity index (χ3v) is 5.72. The first-order valence-electron chi connectivity index (χ1n) is 9.33. The summed E-state index contributed by atoms with van der Waals surface area (Å²) in [7, 11) is 0. The summed E-state index contributed by atoms with van der Waals surface area (Å²) < 4.78 is 5.44. The number of amides is 1. The lowest BCUT2D eigenvalue weighted by Crippen LogP contribution is -2.48. The van der Waals surface area contributed by atoms with Gasteiger partial charge in [-0.25, -0.2) is 0 Å². The molecule has 5 nitrogen and oxygen atoms in total. The predicted octanol–water partition coefficient (Wildman–Crippen LogP) is 3.41.